The first-order chi connectivity index (χ1) is 17.8. The third-order valence-corrected chi connectivity index (χ3v) is 7.47. The van der Waals surface area contributed by atoms with E-state index < -0.39 is 0 Å². The van der Waals surface area contributed by atoms with Crippen molar-refractivity contribution in [3.05, 3.63) is 95.8 Å². The van der Waals surface area contributed by atoms with E-state index in [0.717, 1.165) is 41.1 Å². The van der Waals surface area contributed by atoms with Crippen LogP contribution in [0.5, 0.6) is 5.75 Å². The Hall–Kier alpha value is -3.60. The molecule has 37 heavy (non-hydrogen) atoms. The van der Waals surface area contributed by atoms with E-state index in [1.807, 2.05) is 29.2 Å². The van der Waals surface area contributed by atoms with Gasteiger partial charge in [-0.25, -0.2) is 4.98 Å². The van der Waals surface area contributed by atoms with Crippen LogP contribution in [0.4, 0.5) is 0 Å². The van der Waals surface area contributed by atoms with Crippen molar-refractivity contribution >= 4 is 16.9 Å². The van der Waals surface area contributed by atoms with E-state index in [9.17, 15) is 4.79 Å². The van der Waals surface area contributed by atoms with Crippen LogP contribution in [-0.2, 0) is 16.8 Å². The fourth-order valence-electron chi connectivity index (χ4n) is 5.30. The number of carbonyl (C=O) groups excluding carboxylic acids is 1. The number of imidazole rings is 1. The lowest BCUT2D eigenvalue weighted by atomic mass is 9.87. The van der Waals surface area contributed by atoms with Crippen LogP contribution in [0.2, 0.25) is 0 Å². The number of likely N-dealkylation sites (tertiary alicyclic amines) is 1. The lowest BCUT2D eigenvalue weighted by Gasteiger charge is -2.25. The second-order valence-corrected chi connectivity index (χ2v) is 11.1. The molecule has 1 saturated heterocycles. The molecule has 1 amide bonds. The van der Waals surface area contributed by atoms with Crippen LogP contribution in [0, 0.1) is 0 Å². The number of para-hydroxylation sites is 2. The molecule has 0 saturated carbocycles. The molecule has 0 spiro atoms. The summed E-state index contributed by atoms with van der Waals surface area (Å²) in [5.41, 5.74) is 4.70. The zero-order valence-corrected chi connectivity index (χ0v) is 22.4. The number of benzene rings is 3. The number of fused-ring (bicyclic) bond motifs is 1. The number of carbonyl (C=O) groups is 1. The summed E-state index contributed by atoms with van der Waals surface area (Å²) >= 11 is 0. The van der Waals surface area contributed by atoms with Gasteiger partial charge in [-0.1, -0.05) is 75.4 Å². The van der Waals surface area contributed by atoms with Gasteiger partial charge in [0.05, 0.1) is 23.7 Å². The van der Waals surface area contributed by atoms with Crippen LogP contribution in [0.15, 0.2) is 78.9 Å². The van der Waals surface area contributed by atoms with Gasteiger partial charge in [0.1, 0.15) is 11.6 Å². The van der Waals surface area contributed by atoms with Gasteiger partial charge in [0.25, 0.3) is 0 Å². The number of hydrogen-bond acceptors (Lipinski definition) is 3. The molecule has 2 heterocycles. The molecule has 1 aromatic heterocycles. The van der Waals surface area contributed by atoms with Gasteiger partial charge >= 0.3 is 0 Å². The number of ether oxygens (including phenoxy) is 1. The lowest BCUT2D eigenvalue weighted by Crippen LogP contribution is -2.28. The highest BCUT2D eigenvalue weighted by atomic mass is 16.5. The first kappa shape index (κ1) is 25.1. The molecule has 4 aromatic rings. The van der Waals surface area contributed by atoms with Gasteiger partial charge in [-0.15, -0.1) is 0 Å². The molecular formula is C32H37N3O2. The number of hydrogen-bond donors (Lipinski definition) is 0. The Kier molecular flexibility index (Phi) is 7.05. The number of nitrogens with zero attached hydrogens (tertiary/aromatic N) is 3. The zero-order chi connectivity index (χ0) is 26.0. The standard InChI is InChI=1S/C32H37N3O2/c1-23(24-11-6-5-7-12-24)35-22-25(21-30(35)36)31-33-28-13-8-9-14-29(28)34(31)19-10-20-37-27-17-15-26(16-18-27)32(2,3)4/h5-9,11-18,23,25H,10,19-22H2,1-4H3. The van der Waals surface area contributed by atoms with Crippen LogP contribution < -0.4 is 4.74 Å². The van der Waals surface area contributed by atoms with E-state index >= 15 is 0 Å². The van der Waals surface area contributed by atoms with E-state index in [4.69, 9.17) is 9.72 Å². The van der Waals surface area contributed by atoms with Crippen LogP contribution >= 0.6 is 0 Å². The summed E-state index contributed by atoms with van der Waals surface area (Å²) in [5, 5.41) is 0. The number of aromatic nitrogens is 2. The molecule has 2 unspecified atom stereocenters. The van der Waals surface area contributed by atoms with Gasteiger partial charge in [0, 0.05) is 25.4 Å². The molecule has 3 aromatic carbocycles. The fourth-order valence-corrected chi connectivity index (χ4v) is 5.30. The molecule has 0 aliphatic carbocycles. The smallest absolute Gasteiger partial charge is 0.223 e. The van der Waals surface area contributed by atoms with Gasteiger partial charge in [-0.3, -0.25) is 4.79 Å². The SMILES string of the molecule is CC(c1ccccc1)N1CC(c2nc3ccccc3n2CCCOc2ccc(C(C)(C)C)cc2)CC1=O. The summed E-state index contributed by atoms with van der Waals surface area (Å²) in [5.74, 6) is 2.18. The Bertz CT molecular complexity index is 1350. The van der Waals surface area contributed by atoms with E-state index in [0.29, 0.717) is 19.6 Å². The van der Waals surface area contributed by atoms with E-state index in [2.05, 4.69) is 86.9 Å². The van der Waals surface area contributed by atoms with Gasteiger partial charge in [-0.05, 0) is 54.2 Å². The van der Waals surface area contributed by atoms with Crippen LogP contribution in [-0.4, -0.2) is 33.5 Å². The highest BCUT2D eigenvalue weighted by molar-refractivity contribution is 5.81. The summed E-state index contributed by atoms with van der Waals surface area (Å²) < 4.78 is 8.37. The molecule has 1 fully saturated rings. The Morgan fingerprint density at radius 2 is 1.68 bits per heavy atom. The highest BCUT2D eigenvalue weighted by Gasteiger charge is 2.36. The average Bonchev–Trinajstić information content (AvgIpc) is 3.47. The molecule has 5 nitrogen and oxygen atoms in total. The minimum atomic E-state index is 0.0506. The first-order valence-corrected chi connectivity index (χ1v) is 13.3. The van der Waals surface area contributed by atoms with Crippen molar-refractivity contribution in [3.63, 3.8) is 0 Å². The third-order valence-electron chi connectivity index (χ3n) is 7.47. The monoisotopic (exact) mass is 495 g/mol. The Labute approximate surface area is 220 Å². The van der Waals surface area contributed by atoms with Crippen molar-refractivity contribution in [1.29, 1.82) is 0 Å². The summed E-state index contributed by atoms with van der Waals surface area (Å²) in [6, 6.07) is 27.0. The minimum absolute atomic E-state index is 0.0506. The van der Waals surface area contributed by atoms with Crippen LogP contribution in [0.1, 0.15) is 69.4 Å². The van der Waals surface area contributed by atoms with Crippen LogP contribution in [0.3, 0.4) is 0 Å². The molecule has 5 rings (SSSR count). The van der Waals surface area contributed by atoms with Gasteiger partial charge < -0.3 is 14.2 Å². The fraction of sp³-hybridized carbons (Fsp3) is 0.375. The van der Waals surface area contributed by atoms with Crippen LogP contribution in [0.25, 0.3) is 11.0 Å². The molecule has 2 atom stereocenters. The maximum absolute atomic E-state index is 13.1. The largest absolute Gasteiger partial charge is 0.494 e. The summed E-state index contributed by atoms with van der Waals surface area (Å²) in [7, 11) is 0. The maximum atomic E-state index is 13.1. The highest BCUT2D eigenvalue weighted by Crippen LogP contribution is 2.35. The van der Waals surface area contributed by atoms with Crippen molar-refractivity contribution in [2.24, 2.45) is 0 Å². The molecule has 5 heteroatoms. The van der Waals surface area contributed by atoms with Crippen molar-refractivity contribution in [3.8, 4) is 5.75 Å². The molecule has 1 aliphatic rings. The lowest BCUT2D eigenvalue weighted by molar-refractivity contribution is -0.129. The predicted molar refractivity (Wildman–Crippen MR) is 149 cm³/mol. The van der Waals surface area contributed by atoms with Crippen molar-refractivity contribution in [2.75, 3.05) is 13.2 Å². The van der Waals surface area contributed by atoms with Crippen molar-refractivity contribution in [2.45, 2.75) is 64.5 Å². The van der Waals surface area contributed by atoms with Gasteiger partial charge in [-0.2, -0.15) is 0 Å². The molecule has 0 N–H and O–H groups in total. The molecular weight excluding hydrogens is 458 g/mol. The molecule has 192 valence electrons. The van der Waals surface area contributed by atoms with Gasteiger partial charge in [0.2, 0.25) is 5.91 Å². The van der Waals surface area contributed by atoms with E-state index in [-0.39, 0.29) is 23.3 Å². The maximum Gasteiger partial charge on any atom is 0.223 e. The normalized spacial score (nSPS) is 16.9. The molecule has 0 radical (unpaired) electrons. The quantitative estimate of drug-likeness (QED) is 0.250. The second-order valence-electron chi connectivity index (χ2n) is 11.1. The van der Waals surface area contributed by atoms with Crippen molar-refractivity contribution in [1.82, 2.24) is 14.5 Å². The topological polar surface area (TPSA) is 47.4 Å². The Morgan fingerprint density at radius 3 is 2.41 bits per heavy atom. The third kappa shape index (κ3) is 5.41. The Balaban J connectivity index is 1.28. The second kappa shape index (κ2) is 10.4. The van der Waals surface area contributed by atoms with E-state index in [1.54, 1.807) is 0 Å². The zero-order valence-electron chi connectivity index (χ0n) is 22.4. The molecule has 0 bridgehead atoms. The number of aryl methyl sites for hydroxylation is 1. The minimum Gasteiger partial charge on any atom is -0.494 e. The summed E-state index contributed by atoms with van der Waals surface area (Å²) in [6.07, 6.45) is 1.36. The molecule has 1 aliphatic heterocycles. The number of amides is 1. The first-order valence-electron chi connectivity index (χ1n) is 13.3. The van der Waals surface area contributed by atoms with Gasteiger partial charge in [0.15, 0.2) is 0 Å². The average molecular weight is 496 g/mol. The van der Waals surface area contributed by atoms with E-state index in [1.165, 1.54) is 5.56 Å². The summed E-state index contributed by atoms with van der Waals surface area (Å²) in [4.78, 5) is 20.1. The summed E-state index contributed by atoms with van der Waals surface area (Å²) in [6.45, 7) is 10.9. The number of rotatable bonds is 8. The predicted octanol–water partition coefficient (Wildman–Crippen LogP) is 6.88. The Morgan fingerprint density at radius 1 is 0.973 bits per heavy atom. The van der Waals surface area contributed by atoms with Crippen molar-refractivity contribution < 1.29 is 9.53 Å².